The second-order valence-corrected chi connectivity index (χ2v) is 5.33. The van der Waals surface area contributed by atoms with Crippen LogP contribution in [0.25, 0.3) is 6.08 Å². The van der Waals surface area contributed by atoms with Crippen LogP contribution in [0.3, 0.4) is 0 Å². The minimum absolute atomic E-state index is 0.0739. The van der Waals surface area contributed by atoms with Gasteiger partial charge in [0.1, 0.15) is 0 Å². The van der Waals surface area contributed by atoms with E-state index in [2.05, 4.69) is 0 Å². The summed E-state index contributed by atoms with van der Waals surface area (Å²) in [7, 11) is 0. The largest absolute Gasteiger partial charge is 0.289 e. The third kappa shape index (κ3) is 4.63. The summed E-state index contributed by atoms with van der Waals surface area (Å²) in [6, 6.07) is 13.8. The Morgan fingerprint density at radius 1 is 1.13 bits per heavy atom. The third-order valence-corrected chi connectivity index (χ3v) is 3.42. The lowest BCUT2D eigenvalue weighted by Gasteiger charge is -2.00. The first-order valence-corrected chi connectivity index (χ1v) is 7.25. The van der Waals surface area contributed by atoms with Crippen LogP contribution in [0.15, 0.2) is 65.7 Å². The van der Waals surface area contributed by atoms with E-state index in [1.165, 1.54) is 18.2 Å². The van der Waals surface area contributed by atoms with E-state index in [1.54, 1.807) is 25.1 Å². The van der Waals surface area contributed by atoms with Gasteiger partial charge in [-0.1, -0.05) is 54.1 Å². The molecule has 0 atom stereocenters. The number of benzene rings is 2. The number of allylic oxidation sites excluding steroid dienone is 3. The molecule has 0 heterocycles. The van der Waals surface area contributed by atoms with Crippen LogP contribution in [0, 0.1) is 17.0 Å². The number of ketones is 1. The zero-order valence-corrected chi connectivity index (χ0v) is 13.2. The van der Waals surface area contributed by atoms with Gasteiger partial charge in [-0.2, -0.15) is 0 Å². The monoisotopic (exact) mass is 327 g/mol. The molecule has 0 bridgehead atoms. The predicted molar refractivity (Wildman–Crippen MR) is 91.6 cm³/mol. The molecule has 2 aromatic carbocycles. The molecule has 0 aliphatic carbocycles. The van der Waals surface area contributed by atoms with Gasteiger partial charge in [0.2, 0.25) is 0 Å². The Kier molecular flexibility index (Phi) is 5.44. The van der Waals surface area contributed by atoms with Crippen LogP contribution in [-0.4, -0.2) is 10.7 Å². The fourth-order valence-corrected chi connectivity index (χ4v) is 2.16. The number of nitro benzene ring substituents is 1. The zero-order chi connectivity index (χ0) is 16.8. The van der Waals surface area contributed by atoms with Gasteiger partial charge in [0.15, 0.2) is 5.78 Å². The number of rotatable bonds is 5. The lowest BCUT2D eigenvalue weighted by molar-refractivity contribution is -0.385. The van der Waals surface area contributed by atoms with Crippen molar-refractivity contribution in [1.82, 2.24) is 0 Å². The maximum atomic E-state index is 12.1. The second kappa shape index (κ2) is 7.51. The van der Waals surface area contributed by atoms with E-state index in [-0.39, 0.29) is 17.0 Å². The number of hydrogen-bond acceptors (Lipinski definition) is 3. The number of nitro groups is 1. The van der Waals surface area contributed by atoms with Crippen molar-refractivity contribution < 1.29 is 9.72 Å². The van der Waals surface area contributed by atoms with Gasteiger partial charge in [-0.25, -0.2) is 0 Å². The van der Waals surface area contributed by atoms with E-state index in [1.807, 2.05) is 30.3 Å². The maximum Gasteiger partial charge on any atom is 0.273 e. The number of nitrogens with zero attached hydrogens (tertiary/aromatic N) is 1. The number of halogens is 1. The van der Waals surface area contributed by atoms with E-state index in [4.69, 9.17) is 11.6 Å². The molecule has 0 aliphatic rings. The molecule has 5 heteroatoms. The first-order chi connectivity index (χ1) is 11.0. The van der Waals surface area contributed by atoms with Gasteiger partial charge in [0.25, 0.3) is 5.69 Å². The molecule has 2 rings (SSSR count). The van der Waals surface area contributed by atoms with Gasteiger partial charge < -0.3 is 0 Å². The highest BCUT2D eigenvalue weighted by atomic mass is 35.5. The number of carbonyl (C=O) groups is 1. The average Bonchev–Trinajstić information content (AvgIpc) is 2.53. The molecule has 0 N–H and O–H groups in total. The Hall–Kier alpha value is -2.72. The van der Waals surface area contributed by atoms with Crippen LogP contribution < -0.4 is 0 Å². The predicted octanol–water partition coefficient (Wildman–Crippen LogP) is 4.92. The van der Waals surface area contributed by atoms with Crippen molar-refractivity contribution in [2.75, 3.05) is 0 Å². The van der Waals surface area contributed by atoms with Crippen LogP contribution in [0.2, 0.25) is 0 Å². The Morgan fingerprint density at radius 2 is 1.83 bits per heavy atom. The minimum Gasteiger partial charge on any atom is -0.289 e. The van der Waals surface area contributed by atoms with Crippen LogP contribution >= 0.6 is 11.6 Å². The normalized spacial score (nSPS) is 11.7. The lowest BCUT2D eigenvalue weighted by Crippen LogP contribution is -1.98. The van der Waals surface area contributed by atoms with Crippen molar-refractivity contribution in [1.29, 1.82) is 0 Å². The van der Waals surface area contributed by atoms with Crippen LogP contribution in [-0.2, 0) is 0 Å². The molecule has 0 spiro atoms. The topological polar surface area (TPSA) is 60.2 Å². The molecule has 0 saturated heterocycles. The van der Waals surface area contributed by atoms with Crippen molar-refractivity contribution in [2.24, 2.45) is 0 Å². The summed E-state index contributed by atoms with van der Waals surface area (Å²) >= 11 is 6.07. The first kappa shape index (κ1) is 16.6. The van der Waals surface area contributed by atoms with Crippen molar-refractivity contribution in [3.63, 3.8) is 0 Å². The highest BCUT2D eigenvalue weighted by molar-refractivity contribution is 6.33. The highest BCUT2D eigenvalue weighted by Crippen LogP contribution is 2.20. The molecule has 4 nitrogen and oxygen atoms in total. The first-order valence-electron chi connectivity index (χ1n) is 6.87. The highest BCUT2D eigenvalue weighted by Gasteiger charge is 2.13. The van der Waals surface area contributed by atoms with Gasteiger partial charge in [-0.3, -0.25) is 14.9 Å². The van der Waals surface area contributed by atoms with Crippen molar-refractivity contribution in [3.05, 3.63) is 92.5 Å². The van der Waals surface area contributed by atoms with Crippen LogP contribution in [0.4, 0.5) is 5.69 Å². The standard InChI is InChI=1S/C18H14ClNO3/c1-13-7-8-15(12-17(13)20(22)23)18(21)10-9-16(19)11-14-5-3-2-4-6-14/h2-12H,1H3. The molecule has 0 saturated carbocycles. The van der Waals surface area contributed by atoms with Gasteiger partial charge in [-0.05, 0) is 30.7 Å². The molecular weight excluding hydrogens is 314 g/mol. The molecule has 0 radical (unpaired) electrons. The maximum absolute atomic E-state index is 12.1. The SMILES string of the molecule is Cc1ccc(C(=O)C=CC(Cl)=Cc2ccccc2)cc1[N+](=O)[O-]. The molecule has 2 aromatic rings. The van der Waals surface area contributed by atoms with Crippen molar-refractivity contribution in [2.45, 2.75) is 6.92 Å². The summed E-state index contributed by atoms with van der Waals surface area (Å²) in [5.41, 5.74) is 1.61. The second-order valence-electron chi connectivity index (χ2n) is 4.90. The Balaban J connectivity index is 2.17. The summed E-state index contributed by atoms with van der Waals surface area (Å²) in [6.07, 6.45) is 4.50. The Labute approximate surface area is 138 Å². The van der Waals surface area contributed by atoms with Crippen molar-refractivity contribution >= 4 is 29.1 Å². The molecule has 0 amide bonds. The van der Waals surface area contributed by atoms with Gasteiger partial charge >= 0.3 is 0 Å². The van der Waals surface area contributed by atoms with Crippen molar-refractivity contribution in [3.8, 4) is 0 Å². The fourth-order valence-electron chi connectivity index (χ4n) is 1.97. The van der Waals surface area contributed by atoms with E-state index >= 15 is 0 Å². The summed E-state index contributed by atoms with van der Waals surface area (Å²) in [5.74, 6) is -0.340. The minimum atomic E-state index is -0.502. The smallest absolute Gasteiger partial charge is 0.273 e. The molecular formula is C18H14ClNO3. The van der Waals surface area contributed by atoms with E-state index in [0.29, 0.717) is 10.6 Å². The summed E-state index contributed by atoms with van der Waals surface area (Å²) in [5, 5.41) is 11.3. The third-order valence-electron chi connectivity index (χ3n) is 3.19. The van der Waals surface area contributed by atoms with Gasteiger partial charge in [0, 0.05) is 22.2 Å². The van der Waals surface area contributed by atoms with E-state index < -0.39 is 4.92 Å². The van der Waals surface area contributed by atoms with Gasteiger partial charge in [-0.15, -0.1) is 0 Å². The Bertz CT molecular complexity index is 795. The van der Waals surface area contributed by atoms with Gasteiger partial charge in [0.05, 0.1) is 4.92 Å². The number of hydrogen-bond donors (Lipinski definition) is 0. The number of aryl methyl sites for hydroxylation is 1. The molecule has 0 unspecified atom stereocenters. The summed E-state index contributed by atoms with van der Waals surface area (Å²) in [6.45, 7) is 1.63. The quantitative estimate of drug-likeness (QED) is 0.257. The van der Waals surface area contributed by atoms with Crippen LogP contribution in [0.1, 0.15) is 21.5 Å². The fraction of sp³-hybridized carbons (Fsp3) is 0.0556. The summed E-state index contributed by atoms with van der Waals surface area (Å²) < 4.78 is 0. The lowest BCUT2D eigenvalue weighted by atomic mass is 10.1. The molecule has 0 aromatic heterocycles. The van der Waals surface area contributed by atoms with E-state index in [0.717, 1.165) is 5.56 Å². The van der Waals surface area contributed by atoms with Crippen LogP contribution in [0.5, 0.6) is 0 Å². The summed E-state index contributed by atoms with van der Waals surface area (Å²) in [4.78, 5) is 22.5. The zero-order valence-electron chi connectivity index (χ0n) is 12.4. The Morgan fingerprint density at radius 3 is 2.48 bits per heavy atom. The average molecular weight is 328 g/mol. The molecule has 116 valence electrons. The molecule has 0 fully saturated rings. The molecule has 23 heavy (non-hydrogen) atoms. The van der Waals surface area contributed by atoms with E-state index in [9.17, 15) is 14.9 Å². The number of carbonyl (C=O) groups excluding carboxylic acids is 1. The molecule has 0 aliphatic heterocycles.